The number of rotatable bonds is 7. The van der Waals surface area contributed by atoms with Crippen LogP contribution in [0.1, 0.15) is 25.7 Å². The van der Waals surface area contributed by atoms with Gasteiger partial charge in [0.05, 0.1) is 12.3 Å². The van der Waals surface area contributed by atoms with E-state index in [4.69, 9.17) is 32.3 Å². The van der Waals surface area contributed by atoms with Gasteiger partial charge in [-0.3, -0.25) is 5.32 Å². The Bertz CT molecular complexity index is 321. The van der Waals surface area contributed by atoms with E-state index in [1.807, 2.05) is 6.08 Å². The minimum Gasteiger partial charge on any atom is -0.383 e. The van der Waals surface area contributed by atoms with E-state index in [0.29, 0.717) is 25.5 Å². The van der Waals surface area contributed by atoms with Crippen molar-refractivity contribution in [2.45, 2.75) is 55.8 Å². The summed E-state index contributed by atoms with van der Waals surface area (Å²) in [5, 5.41) is 23.7. The molecule has 0 aromatic carbocycles. The van der Waals surface area contributed by atoms with Crippen molar-refractivity contribution in [3.8, 4) is 0 Å². The first-order valence-corrected chi connectivity index (χ1v) is 7.10. The van der Waals surface area contributed by atoms with E-state index in [9.17, 15) is 0 Å². The van der Waals surface area contributed by atoms with E-state index in [2.05, 4.69) is 10.6 Å². The molecule has 0 aromatic heterocycles. The molecule has 0 aromatic rings. The van der Waals surface area contributed by atoms with Crippen LogP contribution in [0.5, 0.6) is 0 Å². The van der Waals surface area contributed by atoms with Crippen molar-refractivity contribution in [2.24, 2.45) is 5.73 Å². The number of aliphatic hydroxyl groups excluding tert-OH is 1. The van der Waals surface area contributed by atoms with Crippen LogP contribution in [0.2, 0.25) is 0 Å². The fraction of sp³-hybridized carbons (Fsp3) is 0.833. The summed E-state index contributed by atoms with van der Waals surface area (Å²) in [5.41, 5.74) is 6.60. The summed E-state index contributed by atoms with van der Waals surface area (Å²) in [6, 6.07) is 0.384. The minimum absolute atomic E-state index is 0.200. The van der Waals surface area contributed by atoms with Crippen molar-refractivity contribution in [3.05, 3.63) is 11.8 Å². The molecule has 19 heavy (non-hydrogen) atoms. The Morgan fingerprint density at radius 1 is 1.53 bits per heavy atom. The summed E-state index contributed by atoms with van der Waals surface area (Å²) in [6.45, 7) is 0.572. The molecule has 2 rings (SSSR count). The maximum absolute atomic E-state index is 8.69. The summed E-state index contributed by atoms with van der Waals surface area (Å²) in [4.78, 5) is 0. The Balaban J connectivity index is 1.55. The van der Waals surface area contributed by atoms with Gasteiger partial charge in [-0.15, -0.1) is 11.6 Å². The Morgan fingerprint density at radius 2 is 2.26 bits per heavy atom. The van der Waals surface area contributed by atoms with Crippen LogP contribution in [0.15, 0.2) is 11.8 Å². The van der Waals surface area contributed by atoms with Crippen LogP contribution in [0.25, 0.3) is 0 Å². The smallest absolute Gasteiger partial charge is 0.151 e. The van der Waals surface area contributed by atoms with E-state index < -0.39 is 6.29 Å². The standard InChI is InChI=1S/C12H22ClN3O3/c13-10-6-9(12(14)16-10)15-7-4-8(5-7)19-3-1-2-11(17)18/h6-8,10-12,15-18H,1-5,14H2. The van der Waals surface area contributed by atoms with Gasteiger partial charge in [0.25, 0.3) is 0 Å². The number of alkyl halides is 1. The van der Waals surface area contributed by atoms with Crippen LogP contribution >= 0.6 is 11.6 Å². The third kappa shape index (κ3) is 4.59. The number of nitrogens with one attached hydrogen (secondary N) is 2. The van der Waals surface area contributed by atoms with Crippen molar-refractivity contribution in [1.82, 2.24) is 10.6 Å². The molecule has 1 heterocycles. The van der Waals surface area contributed by atoms with Crippen molar-refractivity contribution in [1.29, 1.82) is 0 Å². The van der Waals surface area contributed by atoms with Gasteiger partial charge >= 0.3 is 0 Å². The number of hydrogen-bond acceptors (Lipinski definition) is 6. The van der Waals surface area contributed by atoms with Crippen molar-refractivity contribution >= 4 is 11.6 Å². The lowest BCUT2D eigenvalue weighted by atomic mass is 9.89. The van der Waals surface area contributed by atoms with Gasteiger partial charge in [0.15, 0.2) is 6.29 Å². The van der Waals surface area contributed by atoms with Crippen LogP contribution in [0, 0.1) is 0 Å². The van der Waals surface area contributed by atoms with Crippen LogP contribution in [-0.2, 0) is 4.74 Å². The Hall–Kier alpha value is -0.370. The highest BCUT2D eigenvalue weighted by Gasteiger charge is 2.32. The largest absolute Gasteiger partial charge is 0.383 e. The van der Waals surface area contributed by atoms with Crippen molar-refractivity contribution in [3.63, 3.8) is 0 Å². The molecule has 1 fully saturated rings. The third-order valence-electron chi connectivity index (χ3n) is 3.43. The quantitative estimate of drug-likeness (QED) is 0.189. The van der Waals surface area contributed by atoms with Crippen LogP contribution in [0.3, 0.4) is 0 Å². The highest BCUT2D eigenvalue weighted by molar-refractivity contribution is 6.21. The maximum Gasteiger partial charge on any atom is 0.151 e. The van der Waals surface area contributed by atoms with Crippen molar-refractivity contribution < 1.29 is 14.9 Å². The first kappa shape index (κ1) is 15.0. The van der Waals surface area contributed by atoms with Gasteiger partial charge in [0, 0.05) is 24.8 Å². The lowest BCUT2D eigenvalue weighted by Crippen LogP contribution is -2.49. The molecule has 2 unspecified atom stereocenters. The molecule has 0 amide bonds. The summed E-state index contributed by atoms with van der Waals surface area (Å²) in [7, 11) is 0. The highest BCUT2D eigenvalue weighted by atomic mass is 35.5. The minimum atomic E-state index is -1.23. The normalized spacial score (nSPS) is 34.3. The zero-order valence-electron chi connectivity index (χ0n) is 10.8. The van der Waals surface area contributed by atoms with Gasteiger partial charge in [-0.1, -0.05) is 0 Å². The van der Waals surface area contributed by atoms with E-state index in [0.717, 1.165) is 18.5 Å². The average molecular weight is 292 g/mol. The molecule has 2 aliphatic rings. The average Bonchev–Trinajstić information content (AvgIpc) is 2.58. The molecular formula is C12H22ClN3O3. The molecule has 1 aliphatic heterocycles. The Kier molecular flexibility index (Phi) is 5.44. The molecule has 0 radical (unpaired) electrons. The molecule has 0 saturated heterocycles. The second-order valence-electron chi connectivity index (χ2n) is 5.10. The number of hydrogen-bond donors (Lipinski definition) is 5. The first-order chi connectivity index (χ1) is 9.04. The van der Waals surface area contributed by atoms with Gasteiger partial charge in [-0.2, -0.15) is 0 Å². The maximum atomic E-state index is 8.69. The van der Waals surface area contributed by atoms with Crippen molar-refractivity contribution in [2.75, 3.05) is 6.61 Å². The Labute approximate surface area is 117 Å². The molecule has 6 nitrogen and oxygen atoms in total. The van der Waals surface area contributed by atoms with E-state index >= 15 is 0 Å². The summed E-state index contributed by atoms with van der Waals surface area (Å²) >= 11 is 5.91. The van der Waals surface area contributed by atoms with Gasteiger partial charge < -0.3 is 26.0 Å². The highest BCUT2D eigenvalue weighted by Crippen LogP contribution is 2.25. The zero-order chi connectivity index (χ0) is 13.8. The predicted molar refractivity (Wildman–Crippen MR) is 72.2 cm³/mol. The number of nitrogens with two attached hydrogens (primary N) is 1. The van der Waals surface area contributed by atoms with Gasteiger partial charge in [0.2, 0.25) is 0 Å². The molecule has 0 bridgehead atoms. The van der Waals surface area contributed by atoms with E-state index in [1.165, 1.54) is 0 Å². The summed E-state index contributed by atoms with van der Waals surface area (Å²) in [6.07, 6.45) is 3.62. The van der Waals surface area contributed by atoms with E-state index in [-0.39, 0.29) is 17.8 Å². The number of aliphatic hydroxyl groups is 2. The van der Waals surface area contributed by atoms with Gasteiger partial charge in [-0.25, -0.2) is 0 Å². The predicted octanol–water partition coefficient (Wildman–Crippen LogP) is -0.449. The SMILES string of the molecule is NC1NC(Cl)C=C1NC1CC(OCCCC(O)O)C1. The first-order valence-electron chi connectivity index (χ1n) is 6.66. The van der Waals surface area contributed by atoms with Crippen LogP contribution < -0.4 is 16.4 Å². The van der Waals surface area contributed by atoms with Crippen LogP contribution in [0.4, 0.5) is 0 Å². The van der Waals surface area contributed by atoms with E-state index in [1.54, 1.807) is 0 Å². The lowest BCUT2D eigenvalue weighted by molar-refractivity contribution is -0.0605. The fourth-order valence-electron chi connectivity index (χ4n) is 2.28. The zero-order valence-corrected chi connectivity index (χ0v) is 11.5. The summed E-state index contributed by atoms with van der Waals surface area (Å²) < 4.78 is 5.62. The van der Waals surface area contributed by atoms with Gasteiger partial charge in [-0.05, 0) is 25.3 Å². The third-order valence-corrected chi connectivity index (χ3v) is 3.68. The molecule has 2 atom stereocenters. The second kappa shape index (κ2) is 6.88. The molecule has 7 heteroatoms. The monoisotopic (exact) mass is 291 g/mol. The molecule has 0 spiro atoms. The lowest BCUT2D eigenvalue weighted by Gasteiger charge is -2.37. The van der Waals surface area contributed by atoms with Gasteiger partial charge in [0.1, 0.15) is 5.50 Å². The fourth-order valence-corrected chi connectivity index (χ4v) is 2.55. The topological polar surface area (TPSA) is 99.8 Å². The Morgan fingerprint density at radius 3 is 2.84 bits per heavy atom. The van der Waals surface area contributed by atoms with Crippen LogP contribution in [-0.4, -0.2) is 46.9 Å². The molecule has 1 saturated carbocycles. The molecule has 6 N–H and O–H groups in total. The number of halogens is 1. The molecule has 1 aliphatic carbocycles. The molecule has 110 valence electrons. The second-order valence-corrected chi connectivity index (χ2v) is 5.57. The molecular weight excluding hydrogens is 270 g/mol. The number of ether oxygens (including phenoxy) is 1. The summed E-state index contributed by atoms with van der Waals surface area (Å²) in [5.74, 6) is 0.